The van der Waals surface area contributed by atoms with Crippen molar-refractivity contribution in [1.29, 1.82) is 0 Å². The highest BCUT2D eigenvalue weighted by atomic mass is 35.5. The van der Waals surface area contributed by atoms with Crippen molar-refractivity contribution < 1.29 is 4.39 Å². The minimum absolute atomic E-state index is 0.276. The van der Waals surface area contributed by atoms with Crippen LogP contribution in [-0.2, 0) is 0 Å². The van der Waals surface area contributed by atoms with Gasteiger partial charge in [0.25, 0.3) is 0 Å². The molecule has 1 aromatic heterocycles. The zero-order valence-corrected chi connectivity index (χ0v) is 19.0. The lowest BCUT2D eigenvalue weighted by Gasteiger charge is -2.33. The highest BCUT2D eigenvalue weighted by Gasteiger charge is 2.22. The predicted molar refractivity (Wildman–Crippen MR) is 129 cm³/mol. The maximum atomic E-state index is 13.5. The zero-order chi connectivity index (χ0) is 22.5. The largest absolute Gasteiger partial charge is 0.356 e. The van der Waals surface area contributed by atoms with E-state index in [1.807, 2.05) is 31.2 Å². The summed E-state index contributed by atoms with van der Waals surface area (Å²) in [6.45, 7) is 3.71. The third-order valence-corrected chi connectivity index (χ3v) is 5.92. The van der Waals surface area contributed by atoms with E-state index in [-0.39, 0.29) is 11.9 Å². The van der Waals surface area contributed by atoms with Gasteiger partial charge in [0, 0.05) is 49.9 Å². The average Bonchev–Trinajstić information content (AvgIpc) is 2.80. The number of anilines is 1. The van der Waals surface area contributed by atoms with Crippen LogP contribution in [0.4, 0.5) is 10.2 Å². The van der Waals surface area contributed by atoms with E-state index in [9.17, 15) is 4.39 Å². The van der Waals surface area contributed by atoms with Gasteiger partial charge in [0.1, 0.15) is 17.5 Å². The van der Waals surface area contributed by atoms with Gasteiger partial charge in [0.15, 0.2) is 0 Å². The van der Waals surface area contributed by atoms with Gasteiger partial charge in [-0.3, -0.25) is 4.99 Å². The summed E-state index contributed by atoms with van der Waals surface area (Å²) >= 11 is 6.31. The van der Waals surface area contributed by atoms with E-state index in [1.54, 1.807) is 19.3 Å². The van der Waals surface area contributed by atoms with Crippen LogP contribution in [0.5, 0.6) is 0 Å². The van der Waals surface area contributed by atoms with Gasteiger partial charge < -0.3 is 10.2 Å². The van der Waals surface area contributed by atoms with E-state index < -0.39 is 0 Å². The van der Waals surface area contributed by atoms with Crippen molar-refractivity contribution in [2.45, 2.75) is 32.2 Å². The van der Waals surface area contributed by atoms with Gasteiger partial charge in [-0.15, -0.1) is 0 Å². The van der Waals surface area contributed by atoms with E-state index >= 15 is 0 Å². The molecular formula is C24H26ClFN6. The van der Waals surface area contributed by atoms with Crippen LogP contribution in [0.2, 0.25) is 5.02 Å². The van der Waals surface area contributed by atoms with Crippen LogP contribution >= 0.6 is 11.6 Å². The van der Waals surface area contributed by atoms with Crippen LogP contribution in [-0.4, -0.2) is 47.8 Å². The SMILES string of the molecule is CN=C(/N=C1\CC=CC=C1c1ccc(F)cc1Cl)NC1CCN(c2ccnc(C)n2)CC1. The summed E-state index contributed by atoms with van der Waals surface area (Å²) in [7, 11) is 1.73. The Labute approximate surface area is 192 Å². The van der Waals surface area contributed by atoms with Crippen molar-refractivity contribution in [3.63, 3.8) is 0 Å². The number of guanidine groups is 1. The molecule has 2 aliphatic rings. The summed E-state index contributed by atoms with van der Waals surface area (Å²) in [6.07, 6.45) is 10.3. The molecule has 1 aliphatic heterocycles. The maximum Gasteiger partial charge on any atom is 0.218 e. The van der Waals surface area contributed by atoms with E-state index in [1.165, 1.54) is 12.1 Å². The number of aryl methyl sites for hydroxylation is 1. The Kier molecular flexibility index (Phi) is 6.95. The normalized spacial score (nSPS) is 18.8. The summed E-state index contributed by atoms with van der Waals surface area (Å²) in [5, 5.41) is 3.86. The van der Waals surface area contributed by atoms with Crippen LogP contribution < -0.4 is 10.2 Å². The first-order valence-corrected chi connectivity index (χ1v) is 11.1. The molecule has 2 heterocycles. The summed E-state index contributed by atoms with van der Waals surface area (Å²) < 4.78 is 13.5. The van der Waals surface area contributed by atoms with Gasteiger partial charge in [-0.25, -0.2) is 19.4 Å². The molecule has 8 heteroatoms. The first-order valence-electron chi connectivity index (χ1n) is 10.7. The molecule has 6 nitrogen and oxygen atoms in total. The van der Waals surface area contributed by atoms with Crippen molar-refractivity contribution in [1.82, 2.24) is 15.3 Å². The van der Waals surface area contributed by atoms with Crippen molar-refractivity contribution in [3.05, 3.63) is 70.9 Å². The second-order valence-corrected chi connectivity index (χ2v) is 8.22. The standard InChI is InChI=1S/C24H26ClFN6/c1-16-28-12-9-23(29-16)32-13-10-18(11-14-32)30-24(27-2)31-22-6-4-3-5-20(22)19-8-7-17(26)15-21(19)25/h3-5,7-9,12,15,18H,6,10-11,13-14H2,1-2H3,(H,27,30)/b31-22+. The molecule has 0 saturated carbocycles. The van der Waals surface area contributed by atoms with Crippen LogP contribution in [0.3, 0.4) is 0 Å². The molecule has 1 aromatic carbocycles. The van der Waals surface area contributed by atoms with E-state index in [0.717, 1.165) is 54.4 Å². The Morgan fingerprint density at radius 3 is 2.78 bits per heavy atom. The Hall–Kier alpha value is -3.06. The second-order valence-electron chi connectivity index (χ2n) is 7.81. The van der Waals surface area contributed by atoms with E-state index in [0.29, 0.717) is 17.4 Å². The molecule has 0 bridgehead atoms. The monoisotopic (exact) mass is 452 g/mol. The Balaban J connectivity index is 1.44. The van der Waals surface area contributed by atoms with Crippen LogP contribution in [0.15, 0.2) is 58.7 Å². The lowest BCUT2D eigenvalue weighted by atomic mass is 9.95. The van der Waals surface area contributed by atoms with Gasteiger partial charge in [0.05, 0.1) is 10.7 Å². The number of nitrogens with one attached hydrogen (secondary N) is 1. The molecule has 0 spiro atoms. The first kappa shape index (κ1) is 22.1. The number of allylic oxidation sites excluding steroid dienone is 4. The lowest BCUT2D eigenvalue weighted by molar-refractivity contribution is 0.463. The molecule has 0 unspecified atom stereocenters. The summed E-state index contributed by atoms with van der Waals surface area (Å²) in [4.78, 5) is 20.2. The Morgan fingerprint density at radius 1 is 1.25 bits per heavy atom. The summed E-state index contributed by atoms with van der Waals surface area (Å²) in [6, 6.07) is 6.67. The number of aromatic nitrogens is 2. The fourth-order valence-electron chi connectivity index (χ4n) is 3.94. The Morgan fingerprint density at radius 2 is 2.06 bits per heavy atom. The molecule has 32 heavy (non-hydrogen) atoms. The number of rotatable bonds is 3. The van der Waals surface area contributed by atoms with Gasteiger partial charge in [-0.05, 0) is 44.0 Å². The topological polar surface area (TPSA) is 65.8 Å². The molecule has 1 saturated heterocycles. The molecular weight excluding hydrogens is 427 g/mol. The summed E-state index contributed by atoms with van der Waals surface area (Å²) in [5.74, 6) is 1.99. The molecule has 4 rings (SSSR count). The fraction of sp³-hybridized carbons (Fsp3) is 0.333. The molecule has 1 aliphatic carbocycles. The number of aliphatic imine (C=N–C) groups is 2. The van der Waals surface area contributed by atoms with Gasteiger partial charge in [-0.1, -0.05) is 29.8 Å². The molecule has 1 N–H and O–H groups in total. The van der Waals surface area contributed by atoms with Gasteiger partial charge >= 0.3 is 0 Å². The molecule has 166 valence electrons. The van der Waals surface area contributed by atoms with E-state index in [4.69, 9.17) is 16.6 Å². The number of piperidine rings is 1. The number of benzene rings is 1. The number of hydrogen-bond donors (Lipinski definition) is 1. The molecule has 0 atom stereocenters. The third kappa shape index (κ3) is 5.22. The second kappa shape index (κ2) is 10.0. The summed E-state index contributed by atoms with van der Waals surface area (Å²) in [5.41, 5.74) is 2.50. The molecule has 1 fully saturated rings. The van der Waals surface area contributed by atoms with E-state index in [2.05, 4.69) is 25.2 Å². The highest BCUT2D eigenvalue weighted by Crippen LogP contribution is 2.29. The molecule has 0 amide bonds. The highest BCUT2D eigenvalue weighted by molar-refractivity contribution is 6.36. The van der Waals surface area contributed by atoms with Gasteiger partial charge in [-0.2, -0.15) is 0 Å². The van der Waals surface area contributed by atoms with Crippen molar-refractivity contribution in [2.75, 3.05) is 25.0 Å². The third-order valence-electron chi connectivity index (χ3n) is 5.61. The van der Waals surface area contributed by atoms with Crippen molar-refractivity contribution in [3.8, 4) is 0 Å². The number of nitrogens with zero attached hydrogens (tertiary/aromatic N) is 5. The van der Waals surface area contributed by atoms with Crippen molar-refractivity contribution >= 4 is 34.7 Å². The predicted octanol–water partition coefficient (Wildman–Crippen LogP) is 4.61. The smallest absolute Gasteiger partial charge is 0.218 e. The minimum Gasteiger partial charge on any atom is -0.356 e. The number of hydrogen-bond acceptors (Lipinski definition) is 4. The van der Waals surface area contributed by atoms with Crippen LogP contribution in [0.25, 0.3) is 5.57 Å². The van der Waals surface area contributed by atoms with Gasteiger partial charge in [0.2, 0.25) is 5.96 Å². The Bertz CT molecular complexity index is 1100. The van der Waals surface area contributed by atoms with Crippen molar-refractivity contribution in [2.24, 2.45) is 9.98 Å². The maximum absolute atomic E-state index is 13.5. The fourth-order valence-corrected chi connectivity index (χ4v) is 4.21. The lowest BCUT2D eigenvalue weighted by Crippen LogP contribution is -2.44. The van der Waals surface area contributed by atoms with Crippen LogP contribution in [0, 0.1) is 12.7 Å². The number of halogens is 2. The molecule has 2 aromatic rings. The molecule has 0 radical (unpaired) electrons. The first-order chi connectivity index (χ1) is 15.5. The zero-order valence-electron chi connectivity index (χ0n) is 18.2. The average molecular weight is 453 g/mol. The quantitative estimate of drug-likeness (QED) is 0.545. The minimum atomic E-state index is -0.356. The van der Waals surface area contributed by atoms with Crippen LogP contribution in [0.1, 0.15) is 30.7 Å².